The van der Waals surface area contributed by atoms with Gasteiger partial charge in [0, 0.05) is 12.6 Å². The fourth-order valence-electron chi connectivity index (χ4n) is 0.981. The van der Waals surface area contributed by atoms with E-state index in [1.54, 1.807) is 13.0 Å². The Morgan fingerprint density at radius 2 is 2.50 bits per heavy atom. The first-order valence-electron chi connectivity index (χ1n) is 3.85. The molecule has 0 radical (unpaired) electrons. The zero-order valence-electron chi connectivity index (χ0n) is 6.95. The molecule has 1 heterocycles. The summed E-state index contributed by atoms with van der Waals surface area (Å²) in [5, 5.41) is 0. The summed E-state index contributed by atoms with van der Waals surface area (Å²) in [6.07, 6.45) is 3.18. The maximum atomic E-state index is 10.9. The SMILES string of the molecule is CCOC(=O)CN1CC=CC1=O. The molecule has 0 aromatic heterocycles. The van der Waals surface area contributed by atoms with E-state index in [1.165, 1.54) is 11.0 Å². The van der Waals surface area contributed by atoms with Crippen molar-refractivity contribution in [2.24, 2.45) is 0 Å². The van der Waals surface area contributed by atoms with Gasteiger partial charge in [-0.05, 0) is 6.92 Å². The van der Waals surface area contributed by atoms with Crippen molar-refractivity contribution in [3.8, 4) is 0 Å². The van der Waals surface area contributed by atoms with Crippen LogP contribution in [0.5, 0.6) is 0 Å². The zero-order chi connectivity index (χ0) is 8.97. The summed E-state index contributed by atoms with van der Waals surface area (Å²) in [5.41, 5.74) is 0. The number of ether oxygens (including phenoxy) is 1. The summed E-state index contributed by atoms with van der Waals surface area (Å²) < 4.78 is 4.69. The van der Waals surface area contributed by atoms with Crippen molar-refractivity contribution in [2.45, 2.75) is 6.92 Å². The topological polar surface area (TPSA) is 46.6 Å². The van der Waals surface area contributed by atoms with E-state index in [-0.39, 0.29) is 18.4 Å². The van der Waals surface area contributed by atoms with Crippen LogP contribution in [0.1, 0.15) is 6.92 Å². The molecule has 0 saturated carbocycles. The molecule has 12 heavy (non-hydrogen) atoms. The zero-order valence-corrected chi connectivity index (χ0v) is 6.95. The van der Waals surface area contributed by atoms with Crippen LogP contribution in [0.15, 0.2) is 12.2 Å². The molecule has 1 amide bonds. The maximum Gasteiger partial charge on any atom is 0.325 e. The van der Waals surface area contributed by atoms with Gasteiger partial charge in [0.2, 0.25) is 5.91 Å². The van der Waals surface area contributed by atoms with Crippen LogP contribution in [0.3, 0.4) is 0 Å². The van der Waals surface area contributed by atoms with Gasteiger partial charge in [-0.25, -0.2) is 0 Å². The molecule has 4 nitrogen and oxygen atoms in total. The molecular formula is C8H11NO3. The van der Waals surface area contributed by atoms with E-state index in [1.807, 2.05) is 0 Å². The second-order valence-electron chi connectivity index (χ2n) is 2.43. The highest BCUT2D eigenvalue weighted by Crippen LogP contribution is 2.00. The van der Waals surface area contributed by atoms with E-state index in [0.29, 0.717) is 13.2 Å². The molecule has 0 aromatic carbocycles. The van der Waals surface area contributed by atoms with Gasteiger partial charge in [0.05, 0.1) is 6.61 Å². The first-order valence-corrected chi connectivity index (χ1v) is 3.85. The number of carbonyl (C=O) groups is 2. The predicted octanol–water partition coefficient (Wildman–Crippen LogP) is -0.0521. The molecule has 0 atom stereocenters. The minimum absolute atomic E-state index is 0.0552. The standard InChI is InChI=1S/C8H11NO3/c1-2-12-8(11)6-9-5-3-4-7(9)10/h3-4H,2,5-6H2,1H3. The fraction of sp³-hybridized carbons (Fsp3) is 0.500. The van der Waals surface area contributed by atoms with E-state index in [0.717, 1.165) is 0 Å². The lowest BCUT2D eigenvalue weighted by atomic mass is 10.5. The molecule has 0 aliphatic carbocycles. The number of carbonyl (C=O) groups excluding carboxylic acids is 2. The minimum Gasteiger partial charge on any atom is -0.465 e. The Morgan fingerprint density at radius 1 is 1.75 bits per heavy atom. The van der Waals surface area contributed by atoms with Crippen LogP contribution in [0, 0.1) is 0 Å². The summed E-state index contributed by atoms with van der Waals surface area (Å²) in [4.78, 5) is 23.3. The Hall–Kier alpha value is -1.32. The summed E-state index contributed by atoms with van der Waals surface area (Å²) >= 11 is 0. The summed E-state index contributed by atoms with van der Waals surface area (Å²) in [6.45, 7) is 2.66. The van der Waals surface area contributed by atoms with E-state index in [9.17, 15) is 9.59 Å². The van der Waals surface area contributed by atoms with Crippen molar-refractivity contribution in [1.82, 2.24) is 4.90 Å². The normalized spacial score (nSPS) is 15.4. The molecule has 66 valence electrons. The predicted molar refractivity (Wildman–Crippen MR) is 42.4 cm³/mol. The first kappa shape index (κ1) is 8.77. The van der Waals surface area contributed by atoms with Crippen molar-refractivity contribution >= 4 is 11.9 Å². The van der Waals surface area contributed by atoms with Crippen LogP contribution in [0.25, 0.3) is 0 Å². The molecule has 0 unspecified atom stereocenters. The van der Waals surface area contributed by atoms with Crippen molar-refractivity contribution in [3.05, 3.63) is 12.2 Å². The number of amides is 1. The van der Waals surface area contributed by atoms with Crippen LogP contribution >= 0.6 is 0 Å². The molecule has 0 fully saturated rings. The largest absolute Gasteiger partial charge is 0.465 e. The van der Waals surface area contributed by atoms with Gasteiger partial charge in [0.15, 0.2) is 0 Å². The van der Waals surface area contributed by atoms with Gasteiger partial charge in [0.25, 0.3) is 0 Å². The first-order chi connectivity index (χ1) is 5.74. The summed E-state index contributed by atoms with van der Waals surface area (Å²) in [5.74, 6) is -0.474. The van der Waals surface area contributed by atoms with Crippen molar-refractivity contribution in [2.75, 3.05) is 19.7 Å². The fourth-order valence-corrected chi connectivity index (χ4v) is 0.981. The molecule has 0 bridgehead atoms. The highest BCUT2D eigenvalue weighted by atomic mass is 16.5. The van der Waals surface area contributed by atoms with Gasteiger partial charge in [0.1, 0.15) is 6.54 Å². The third-order valence-corrected chi connectivity index (χ3v) is 1.52. The van der Waals surface area contributed by atoms with Crippen LogP contribution in [-0.2, 0) is 14.3 Å². The number of nitrogens with zero attached hydrogens (tertiary/aromatic N) is 1. The monoisotopic (exact) mass is 169 g/mol. The number of hydrogen-bond acceptors (Lipinski definition) is 3. The molecule has 1 aliphatic heterocycles. The van der Waals surface area contributed by atoms with Gasteiger partial charge >= 0.3 is 5.97 Å². The van der Waals surface area contributed by atoms with Crippen LogP contribution in [0.2, 0.25) is 0 Å². The van der Waals surface area contributed by atoms with Crippen LogP contribution in [-0.4, -0.2) is 36.5 Å². The number of esters is 1. The third kappa shape index (κ3) is 2.08. The molecule has 4 heteroatoms. The number of rotatable bonds is 3. The van der Waals surface area contributed by atoms with E-state index in [2.05, 4.69) is 0 Å². The second kappa shape index (κ2) is 3.90. The molecule has 0 spiro atoms. The lowest BCUT2D eigenvalue weighted by Gasteiger charge is -2.13. The molecule has 1 aliphatic rings. The summed E-state index contributed by atoms with van der Waals surface area (Å²) in [6, 6.07) is 0. The minimum atomic E-state index is -0.352. The second-order valence-corrected chi connectivity index (χ2v) is 2.43. The van der Waals surface area contributed by atoms with Crippen molar-refractivity contribution < 1.29 is 14.3 Å². The third-order valence-electron chi connectivity index (χ3n) is 1.52. The molecule has 0 aromatic rings. The van der Waals surface area contributed by atoms with Crippen molar-refractivity contribution in [3.63, 3.8) is 0 Å². The molecular weight excluding hydrogens is 158 g/mol. The van der Waals surface area contributed by atoms with Gasteiger partial charge in [-0.15, -0.1) is 0 Å². The Bertz CT molecular complexity index is 222. The molecule has 0 saturated heterocycles. The highest BCUT2D eigenvalue weighted by Gasteiger charge is 2.17. The lowest BCUT2D eigenvalue weighted by Crippen LogP contribution is -2.32. The Balaban J connectivity index is 2.32. The quantitative estimate of drug-likeness (QED) is 0.556. The maximum absolute atomic E-state index is 10.9. The highest BCUT2D eigenvalue weighted by molar-refractivity contribution is 5.92. The van der Waals surface area contributed by atoms with Gasteiger partial charge in [-0.3, -0.25) is 9.59 Å². The Labute approximate surface area is 70.8 Å². The Kier molecular flexibility index (Phi) is 2.85. The van der Waals surface area contributed by atoms with Gasteiger partial charge in [-0.1, -0.05) is 6.08 Å². The number of hydrogen-bond donors (Lipinski definition) is 0. The van der Waals surface area contributed by atoms with E-state index in [4.69, 9.17) is 4.74 Å². The lowest BCUT2D eigenvalue weighted by molar-refractivity contribution is -0.147. The van der Waals surface area contributed by atoms with Gasteiger partial charge < -0.3 is 9.64 Å². The van der Waals surface area contributed by atoms with Crippen molar-refractivity contribution in [1.29, 1.82) is 0 Å². The molecule has 0 N–H and O–H groups in total. The Morgan fingerprint density at radius 3 is 3.00 bits per heavy atom. The molecule has 1 rings (SSSR count). The smallest absolute Gasteiger partial charge is 0.325 e. The summed E-state index contributed by atoms with van der Waals surface area (Å²) in [7, 11) is 0. The van der Waals surface area contributed by atoms with Gasteiger partial charge in [-0.2, -0.15) is 0 Å². The van der Waals surface area contributed by atoms with E-state index >= 15 is 0 Å². The average molecular weight is 169 g/mol. The van der Waals surface area contributed by atoms with E-state index < -0.39 is 0 Å². The van der Waals surface area contributed by atoms with Crippen LogP contribution in [0.4, 0.5) is 0 Å². The average Bonchev–Trinajstić information content (AvgIpc) is 2.37. The van der Waals surface area contributed by atoms with Crippen LogP contribution < -0.4 is 0 Å².